The quantitative estimate of drug-likeness (QED) is 0.427. The van der Waals surface area contributed by atoms with Gasteiger partial charge in [0.25, 0.3) is 0 Å². The van der Waals surface area contributed by atoms with E-state index in [1.165, 1.54) is 0 Å². The molecule has 0 saturated carbocycles. The Kier molecular flexibility index (Phi) is 5.69. The van der Waals surface area contributed by atoms with Crippen molar-refractivity contribution in [1.82, 2.24) is 0 Å². The van der Waals surface area contributed by atoms with Crippen LogP contribution >= 0.6 is 27.5 Å². The number of rotatable bonds is 3. The van der Waals surface area contributed by atoms with E-state index in [0.717, 1.165) is 39.7 Å². The fourth-order valence-corrected chi connectivity index (χ4v) is 4.40. The SMILES string of the molecule is O=C(OCc1ccccc1)N1c2cccc(Br)c2CCC1c1cccc(Cl)c1. The van der Waals surface area contributed by atoms with E-state index in [1.807, 2.05) is 72.8 Å². The predicted molar refractivity (Wildman–Crippen MR) is 116 cm³/mol. The largest absolute Gasteiger partial charge is 0.444 e. The highest BCUT2D eigenvalue weighted by Crippen LogP contribution is 2.42. The van der Waals surface area contributed by atoms with Gasteiger partial charge in [0.05, 0.1) is 11.7 Å². The molecule has 0 aliphatic carbocycles. The van der Waals surface area contributed by atoms with Crippen molar-refractivity contribution in [2.45, 2.75) is 25.5 Å². The Labute approximate surface area is 178 Å². The van der Waals surface area contributed by atoms with Crippen LogP contribution in [0.2, 0.25) is 5.02 Å². The number of anilines is 1. The Hall–Kier alpha value is -2.30. The highest BCUT2D eigenvalue weighted by Gasteiger charge is 2.34. The fraction of sp³-hybridized carbons (Fsp3) is 0.174. The van der Waals surface area contributed by atoms with Crippen molar-refractivity contribution in [2.24, 2.45) is 0 Å². The molecule has 0 spiro atoms. The van der Waals surface area contributed by atoms with Gasteiger partial charge in [0.2, 0.25) is 0 Å². The Morgan fingerprint density at radius 2 is 1.86 bits per heavy atom. The second-order valence-electron chi connectivity index (χ2n) is 6.76. The topological polar surface area (TPSA) is 29.5 Å². The van der Waals surface area contributed by atoms with Gasteiger partial charge in [-0.3, -0.25) is 4.90 Å². The molecule has 1 aliphatic rings. The van der Waals surface area contributed by atoms with Crippen LogP contribution in [0, 0.1) is 0 Å². The van der Waals surface area contributed by atoms with E-state index < -0.39 is 0 Å². The molecule has 4 rings (SSSR count). The molecule has 3 nitrogen and oxygen atoms in total. The van der Waals surface area contributed by atoms with Gasteiger partial charge in [0.15, 0.2) is 0 Å². The highest BCUT2D eigenvalue weighted by molar-refractivity contribution is 9.10. The second-order valence-corrected chi connectivity index (χ2v) is 8.05. The fourth-order valence-electron chi connectivity index (χ4n) is 3.64. The van der Waals surface area contributed by atoms with Crippen LogP contribution in [0.15, 0.2) is 77.3 Å². The molecule has 0 saturated heterocycles. The highest BCUT2D eigenvalue weighted by atomic mass is 79.9. The molecule has 1 heterocycles. The Morgan fingerprint density at radius 1 is 1.07 bits per heavy atom. The molecule has 3 aromatic rings. The zero-order valence-electron chi connectivity index (χ0n) is 15.1. The van der Waals surface area contributed by atoms with Crippen molar-refractivity contribution in [3.05, 3.63) is 99.0 Å². The van der Waals surface area contributed by atoms with Gasteiger partial charge < -0.3 is 4.74 Å². The average Bonchev–Trinajstić information content (AvgIpc) is 2.72. The summed E-state index contributed by atoms with van der Waals surface area (Å²) >= 11 is 9.84. The van der Waals surface area contributed by atoms with Gasteiger partial charge in [-0.25, -0.2) is 4.79 Å². The summed E-state index contributed by atoms with van der Waals surface area (Å²) in [5.41, 5.74) is 3.97. The number of amides is 1. The van der Waals surface area contributed by atoms with Gasteiger partial charge in [0.1, 0.15) is 6.61 Å². The lowest BCUT2D eigenvalue weighted by Crippen LogP contribution is -2.39. The number of carbonyl (C=O) groups is 1. The molecule has 1 atom stereocenters. The second kappa shape index (κ2) is 8.38. The zero-order valence-corrected chi connectivity index (χ0v) is 17.5. The summed E-state index contributed by atoms with van der Waals surface area (Å²) in [5, 5.41) is 0.662. The number of halogens is 2. The molecule has 3 aromatic carbocycles. The van der Waals surface area contributed by atoms with Crippen LogP contribution in [-0.4, -0.2) is 6.09 Å². The van der Waals surface area contributed by atoms with Crippen molar-refractivity contribution >= 4 is 39.3 Å². The summed E-state index contributed by atoms with van der Waals surface area (Å²) in [4.78, 5) is 14.9. The minimum absolute atomic E-state index is 0.122. The Morgan fingerprint density at radius 3 is 2.64 bits per heavy atom. The minimum atomic E-state index is -0.354. The molecule has 1 amide bonds. The first-order chi connectivity index (χ1) is 13.6. The van der Waals surface area contributed by atoms with Crippen molar-refractivity contribution in [1.29, 1.82) is 0 Å². The molecule has 0 fully saturated rings. The van der Waals surface area contributed by atoms with Crippen LogP contribution in [0.3, 0.4) is 0 Å². The molecule has 1 unspecified atom stereocenters. The van der Waals surface area contributed by atoms with Crippen LogP contribution in [0.4, 0.5) is 10.5 Å². The molecule has 0 bridgehead atoms. The maximum Gasteiger partial charge on any atom is 0.415 e. The number of carbonyl (C=O) groups excluding carboxylic acids is 1. The third-order valence-electron chi connectivity index (χ3n) is 4.97. The summed E-state index contributed by atoms with van der Waals surface area (Å²) in [6.07, 6.45) is 1.32. The maximum atomic E-state index is 13.2. The van der Waals surface area contributed by atoms with Gasteiger partial charge in [-0.15, -0.1) is 0 Å². The number of nitrogens with zero attached hydrogens (tertiary/aromatic N) is 1. The summed E-state index contributed by atoms with van der Waals surface area (Å²) in [7, 11) is 0. The number of hydrogen-bond acceptors (Lipinski definition) is 2. The minimum Gasteiger partial charge on any atom is -0.444 e. The van der Waals surface area contributed by atoms with E-state index in [2.05, 4.69) is 15.9 Å². The summed E-state index contributed by atoms with van der Waals surface area (Å²) in [5.74, 6) is 0. The Balaban J connectivity index is 1.68. The van der Waals surface area contributed by atoms with Gasteiger partial charge in [-0.05, 0) is 53.8 Å². The number of ether oxygens (including phenoxy) is 1. The average molecular weight is 457 g/mol. The molecule has 28 heavy (non-hydrogen) atoms. The zero-order chi connectivity index (χ0) is 19.5. The molecular formula is C23H19BrClNO2. The van der Waals surface area contributed by atoms with E-state index in [0.29, 0.717) is 5.02 Å². The summed E-state index contributed by atoms with van der Waals surface area (Å²) < 4.78 is 6.69. The van der Waals surface area contributed by atoms with E-state index in [9.17, 15) is 4.79 Å². The number of fused-ring (bicyclic) bond motifs is 1. The molecule has 0 aromatic heterocycles. The first-order valence-electron chi connectivity index (χ1n) is 9.16. The predicted octanol–water partition coefficient (Wildman–Crippen LogP) is 6.93. The molecule has 1 aliphatic heterocycles. The van der Waals surface area contributed by atoms with E-state index in [-0.39, 0.29) is 18.7 Å². The normalized spacial score (nSPS) is 15.8. The number of hydrogen-bond donors (Lipinski definition) is 0. The van der Waals surface area contributed by atoms with Crippen LogP contribution in [0.25, 0.3) is 0 Å². The number of benzene rings is 3. The summed E-state index contributed by atoms with van der Waals surface area (Å²) in [6, 6.07) is 23.2. The first kappa shape index (κ1) is 19.0. The molecule has 0 N–H and O–H groups in total. The van der Waals surface area contributed by atoms with E-state index >= 15 is 0 Å². The maximum absolute atomic E-state index is 13.2. The lowest BCUT2D eigenvalue weighted by atomic mass is 9.91. The van der Waals surface area contributed by atoms with Gasteiger partial charge >= 0.3 is 6.09 Å². The van der Waals surface area contributed by atoms with Crippen molar-refractivity contribution < 1.29 is 9.53 Å². The lowest BCUT2D eigenvalue weighted by Gasteiger charge is -2.37. The molecular weight excluding hydrogens is 438 g/mol. The van der Waals surface area contributed by atoms with E-state index in [1.54, 1.807) is 4.90 Å². The van der Waals surface area contributed by atoms with E-state index in [4.69, 9.17) is 16.3 Å². The lowest BCUT2D eigenvalue weighted by molar-refractivity contribution is 0.143. The van der Waals surface area contributed by atoms with Crippen LogP contribution in [0.5, 0.6) is 0 Å². The third kappa shape index (κ3) is 3.94. The molecule has 5 heteroatoms. The smallest absolute Gasteiger partial charge is 0.415 e. The Bertz CT molecular complexity index is 993. The van der Waals surface area contributed by atoms with Crippen LogP contribution in [0.1, 0.15) is 29.2 Å². The van der Waals surface area contributed by atoms with Gasteiger partial charge in [-0.2, -0.15) is 0 Å². The van der Waals surface area contributed by atoms with Gasteiger partial charge in [-0.1, -0.05) is 76.1 Å². The molecule has 142 valence electrons. The van der Waals surface area contributed by atoms with Crippen molar-refractivity contribution in [2.75, 3.05) is 4.90 Å². The monoisotopic (exact) mass is 455 g/mol. The van der Waals surface area contributed by atoms with Crippen molar-refractivity contribution in [3.8, 4) is 0 Å². The summed E-state index contributed by atoms with van der Waals surface area (Å²) in [6.45, 7) is 0.238. The molecule has 0 radical (unpaired) electrons. The van der Waals surface area contributed by atoms with Crippen LogP contribution < -0.4 is 4.90 Å². The van der Waals surface area contributed by atoms with Gasteiger partial charge in [0, 0.05) is 9.50 Å². The standard InChI is InChI=1S/C23H19BrClNO2/c24-20-10-5-11-22-19(20)12-13-21(17-8-4-9-18(25)14-17)26(22)23(27)28-15-16-6-2-1-3-7-16/h1-11,14,21H,12-13,15H2. The van der Waals surface area contributed by atoms with Crippen LogP contribution in [-0.2, 0) is 17.8 Å². The van der Waals surface area contributed by atoms with Crippen molar-refractivity contribution in [3.63, 3.8) is 0 Å². The first-order valence-corrected chi connectivity index (χ1v) is 10.3. The third-order valence-corrected chi connectivity index (χ3v) is 5.95.